The van der Waals surface area contributed by atoms with E-state index in [1.54, 1.807) is 0 Å². The van der Waals surface area contributed by atoms with Gasteiger partial charge in [0.1, 0.15) is 0 Å². The molecule has 0 spiro atoms. The molecular weight excluding hydrogens is 216 g/mol. The zero-order valence-electron chi connectivity index (χ0n) is 10.9. The first-order valence-electron chi connectivity index (χ1n) is 6.82. The zero-order valence-corrected chi connectivity index (χ0v) is 10.9. The van der Waals surface area contributed by atoms with Crippen LogP contribution in [0.15, 0.2) is 0 Å². The Hall–Kier alpha value is -0.610. The summed E-state index contributed by atoms with van der Waals surface area (Å²) in [4.78, 5) is 14.2. The molecule has 98 valence electrons. The third-order valence-electron chi connectivity index (χ3n) is 3.61. The van der Waals surface area contributed by atoms with Crippen molar-refractivity contribution in [2.75, 3.05) is 19.6 Å². The van der Waals surface area contributed by atoms with Gasteiger partial charge in [-0.05, 0) is 33.2 Å². The molecule has 2 fully saturated rings. The van der Waals surface area contributed by atoms with Gasteiger partial charge < -0.3 is 15.0 Å². The second-order valence-corrected chi connectivity index (χ2v) is 5.41. The first kappa shape index (κ1) is 12.8. The Labute approximate surface area is 104 Å². The Balaban J connectivity index is 1.81. The van der Waals surface area contributed by atoms with E-state index in [1.807, 2.05) is 18.7 Å². The van der Waals surface area contributed by atoms with Gasteiger partial charge in [0.15, 0.2) is 0 Å². The van der Waals surface area contributed by atoms with Gasteiger partial charge in [-0.2, -0.15) is 0 Å². The Morgan fingerprint density at radius 1 is 1.29 bits per heavy atom. The van der Waals surface area contributed by atoms with Crippen LogP contribution >= 0.6 is 0 Å². The highest BCUT2D eigenvalue weighted by atomic mass is 16.5. The predicted octanol–water partition coefficient (Wildman–Crippen LogP) is 1.15. The normalized spacial score (nSPS) is 34.7. The van der Waals surface area contributed by atoms with Crippen molar-refractivity contribution in [2.24, 2.45) is 0 Å². The molecule has 2 heterocycles. The first-order valence-corrected chi connectivity index (χ1v) is 6.82. The fraction of sp³-hybridized carbons (Fsp3) is 0.923. The minimum atomic E-state index is 0.169. The summed E-state index contributed by atoms with van der Waals surface area (Å²) in [5, 5.41) is 3.43. The average Bonchev–Trinajstić information content (AvgIpc) is 2.29. The minimum absolute atomic E-state index is 0.169. The van der Waals surface area contributed by atoms with Crippen LogP contribution in [-0.4, -0.2) is 48.7 Å². The van der Waals surface area contributed by atoms with Crippen molar-refractivity contribution in [3.05, 3.63) is 0 Å². The van der Waals surface area contributed by atoms with Crippen molar-refractivity contribution >= 4 is 5.91 Å². The molecule has 4 heteroatoms. The van der Waals surface area contributed by atoms with Gasteiger partial charge in [0.2, 0.25) is 5.91 Å². The quantitative estimate of drug-likeness (QED) is 0.787. The maximum atomic E-state index is 12.2. The summed E-state index contributed by atoms with van der Waals surface area (Å²) in [5.41, 5.74) is 0. The lowest BCUT2D eigenvalue weighted by Crippen LogP contribution is -2.50. The molecule has 1 amide bonds. The van der Waals surface area contributed by atoms with Gasteiger partial charge in [-0.15, -0.1) is 0 Å². The first-order chi connectivity index (χ1) is 8.15. The number of carbonyl (C=O) groups is 1. The van der Waals surface area contributed by atoms with Crippen LogP contribution in [0.1, 0.15) is 39.5 Å². The summed E-state index contributed by atoms with van der Waals surface area (Å²) in [6, 6.07) is 0.393. The second-order valence-electron chi connectivity index (χ2n) is 5.41. The van der Waals surface area contributed by atoms with Crippen LogP contribution in [0.4, 0.5) is 0 Å². The van der Waals surface area contributed by atoms with Crippen LogP contribution in [0.25, 0.3) is 0 Å². The van der Waals surface area contributed by atoms with Crippen LogP contribution in [-0.2, 0) is 9.53 Å². The summed E-state index contributed by atoms with van der Waals surface area (Å²) in [6.07, 6.45) is 4.63. The smallest absolute Gasteiger partial charge is 0.224 e. The highest BCUT2D eigenvalue weighted by Gasteiger charge is 2.27. The number of hydrogen-bond acceptors (Lipinski definition) is 3. The number of carbonyl (C=O) groups excluding carboxylic acids is 1. The van der Waals surface area contributed by atoms with Gasteiger partial charge in [0, 0.05) is 25.6 Å². The fourth-order valence-electron chi connectivity index (χ4n) is 2.82. The van der Waals surface area contributed by atoms with Crippen molar-refractivity contribution in [3.8, 4) is 0 Å². The molecule has 2 saturated heterocycles. The lowest BCUT2D eigenvalue weighted by Gasteiger charge is -2.36. The van der Waals surface area contributed by atoms with Crippen molar-refractivity contribution in [2.45, 2.75) is 57.8 Å². The summed E-state index contributed by atoms with van der Waals surface area (Å²) >= 11 is 0. The van der Waals surface area contributed by atoms with E-state index in [1.165, 1.54) is 12.8 Å². The predicted molar refractivity (Wildman–Crippen MR) is 66.8 cm³/mol. The Morgan fingerprint density at radius 3 is 2.59 bits per heavy atom. The van der Waals surface area contributed by atoms with Crippen molar-refractivity contribution in [1.82, 2.24) is 10.2 Å². The van der Waals surface area contributed by atoms with Gasteiger partial charge >= 0.3 is 0 Å². The molecule has 17 heavy (non-hydrogen) atoms. The van der Waals surface area contributed by atoms with Gasteiger partial charge in [-0.1, -0.05) is 6.42 Å². The number of piperidine rings is 1. The molecule has 2 aliphatic heterocycles. The number of morpholine rings is 1. The van der Waals surface area contributed by atoms with E-state index in [0.29, 0.717) is 12.5 Å². The Kier molecular flexibility index (Phi) is 4.40. The monoisotopic (exact) mass is 240 g/mol. The zero-order chi connectivity index (χ0) is 12.3. The molecule has 3 atom stereocenters. The lowest BCUT2D eigenvalue weighted by molar-refractivity contribution is -0.143. The number of ether oxygens (including phenoxy) is 1. The Morgan fingerprint density at radius 2 is 2.00 bits per heavy atom. The second kappa shape index (κ2) is 5.83. The van der Waals surface area contributed by atoms with Crippen LogP contribution in [0, 0.1) is 0 Å². The van der Waals surface area contributed by atoms with Crippen molar-refractivity contribution in [1.29, 1.82) is 0 Å². The highest BCUT2D eigenvalue weighted by molar-refractivity contribution is 5.77. The molecule has 2 rings (SSSR count). The molecule has 0 aromatic heterocycles. The summed E-state index contributed by atoms with van der Waals surface area (Å²) in [6.45, 7) is 6.63. The molecule has 4 nitrogen and oxygen atoms in total. The van der Waals surface area contributed by atoms with Crippen LogP contribution in [0.2, 0.25) is 0 Å². The van der Waals surface area contributed by atoms with Crippen LogP contribution in [0.3, 0.4) is 0 Å². The maximum Gasteiger partial charge on any atom is 0.224 e. The van der Waals surface area contributed by atoms with Gasteiger partial charge in [0.05, 0.1) is 12.2 Å². The number of nitrogens with zero attached hydrogens (tertiary/aromatic N) is 1. The number of nitrogens with one attached hydrogen (secondary N) is 1. The van der Waals surface area contributed by atoms with E-state index in [2.05, 4.69) is 5.32 Å². The summed E-state index contributed by atoms with van der Waals surface area (Å²) in [5.74, 6) is 0.284. The molecule has 1 N–H and O–H groups in total. The molecule has 0 aromatic carbocycles. The SMILES string of the molecule is CC1CN(C(=O)CC2CCCCN2)CC(C)O1. The molecule has 0 radical (unpaired) electrons. The van der Waals surface area contributed by atoms with E-state index < -0.39 is 0 Å². The van der Waals surface area contributed by atoms with E-state index in [4.69, 9.17) is 4.74 Å². The topological polar surface area (TPSA) is 41.6 Å². The molecule has 0 saturated carbocycles. The molecule has 2 aliphatic rings. The minimum Gasteiger partial charge on any atom is -0.372 e. The standard InChI is InChI=1S/C13H24N2O2/c1-10-8-15(9-11(2)17-10)13(16)7-12-5-3-4-6-14-12/h10-12,14H,3-9H2,1-2H3. The maximum absolute atomic E-state index is 12.2. The third-order valence-corrected chi connectivity index (χ3v) is 3.61. The molecule has 0 aromatic rings. The molecular formula is C13H24N2O2. The summed E-state index contributed by atoms with van der Waals surface area (Å²) in [7, 11) is 0. The van der Waals surface area contributed by atoms with Gasteiger partial charge in [-0.25, -0.2) is 0 Å². The van der Waals surface area contributed by atoms with E-state index in [9.17, 15) is 4.79 Å². The number of amides is 1. The van der Waals surface area contributed by atoms with Crippen LogP contribution in [0.5, 0.6) is 0 Å². The lowest BCUT2D eigenvalue weighted by atomic mass is 10.0. The fourth-order valence-corrected chi connectivity index (χ4v) is 2.82. The van der Waals surface area contributed by atoms with Crippen LogP contribution < -0.4 is 5.32 Å². The summed E-state index contributed by atoms with van der Waals surface area (Å²) < 4.78 is 5.65. The van der Waals surface area contributed by atoms with Crippen molar-refractivity contribution < 1.29 is 9.53 Å². The van der Waals surface area contributed by atoms with E-state index >= 15 is 0 Å². The third kappa shape index (κ3) is 3.68. The largest absolute Gasteiger partial charge is 0.372 e. The average molecular weight is 240 g/mol. The van der Waals surface area contributed by atoms with E-state index in [-0.39, 0.29) is 18.1 Å². The van der Waals surface area contributed by atoms with Gasteiger partial charge in [-0.3, -0.25) is 4.79 Å². The number of hydrogen-bond donors (Lipinski definition) is 1. The Bertz CT molecular complexity index is 254. The molecule has 3 unspecified atom stereocenters. The van der Waals surface area contributed by atoms with Gasteiger partial charge in [0.25, 0.3) is 0 Å². The highest BCUT2D eigenvalue weighted by Crippen LogP contribution is 2.15. The number of rotatable bonds is 2. The van der Waals surface area contributed by atoms with Crippen molar-refractivity contribution in [3.63, 3.8) is 0 Å². The molecule has 0 aliphatic carbocycles. The van der Waals surface area contributed by atoms with E-state index in [0.717, 1.165) is 26.1 Å². The molecule has 0 bridgehead atoms.